The van der Waals surface area contributed by atoms with Gasteiger partial charge in [0.05, 0.1) is 0 Å². The molecular formula is C10H17N. The Morgan fingerprint density at radius 1 is 1.27 bits per heavy atom. The molecule has 0 aliphatic heterocycles. The number of nitrogens with zero attached hydrogens (tertiary/aromatic N) is 1. The molecule has 0 aromatic rings. The predicted molar refractivity (Wildman–Crippen MR) is 50.1 cm³/mol. The second-order valence-electron chi connectivity index (χ2n) is 3.25. The van der Waals surface area contributed by atoms with Crippen LogP contribution in [0, 0.1) is 5.92 Å². The molecule has 0 radical (unpaired) electrons. The molecule has 11 heavy (non-hydrogen) atoms. The van der Waals surface area contributed by atoms with Crippen LogP contribution >= 0.6 is 0 Å². The summed E-state index contributed by atoms with van der Waals surface area (Å²) in [5.74, 6) is 0.861. The van der Waals surface area contributed by atoms with E-state index in [2.05, 4.69) is 11.6 Å². The van der Waals surface area contributed by atoms with Gasteiger partial charge in [-0.05, 0) is 18.8 Å². The minimum atomic E-state index is 0.861. The summed E-state index contributed by atoms with van der Waals surface area (Å²) in [6.07, 6.45) is 10.6. The monoisotopic (exact) mass is 151 g/mol. The second kappa shape index (κ2) is 5.11. The van der Waals surface area contributed by atoms with E-state index in [-0.39, 0.29) is 0 Å². The summed E-state index contributed by atoms with van der Waals surface area (Å²) in [4.78, 5) is 4.27. The maximum atomic E-state index is 4.27. The highest BCUT2D eigenvalue weighted by atomic mass is 14.7. The van der Waals surface area contributed by atoms with Gasteiger partial charge < -0.3 is 0 Å². The highest BCUT2D eigenvalue weighted by molar-refractivity contribution is 5.69. The van der Waals surface area contributed by atoms with Crippen molar-refractivity contribution in [3.8, 4) is 0 Å². The van der Waals surface area contributed by atoms with Gasteiger partial charge in [0.15, 0.2) is 0 Å². The summed E-state index contributed by atoms with van der Waals surface area (Å²) < 4.78 is 0. The van der Waals surface area contributed by atoms with Gasteiger partial charge in [0.1, 0.15) is 0 Å². The van der Waals surface area contributed by atoms with E-state index in [1.807, 2.05) is 6.21 Å². The molecule has 0 aromatic carbocycles. The van der Waals surface area contributed by atoms with Crippen LogP contribution in [-0.2, 0) is 0 Å². The van der Waals surface area contributed by atoms with Gasteiger partial charge in [-0.3, -0.25) is 4.99 Å². The molecule has 1 saturated carbocycles. The van der Waals surface area contributed by atoms with Crippen LogP contribution in [0.4, 0.5) is 0 Å². The molecule has 1 rings (SSSR count). The summed E-state index contributed by atoms with van der Waals surface area (Å²) in [6, 6.07) is 0. The largest absolute Gasteiger partial charge is 0.293 e. The van der Waals surface area contributed by atoms with Crippen molar-refractivity contribution in [3.05, 3.63) is 12.7 Å². The highest BCUT2D eigenvalue weighted by Crippen LogP contribution is 2.23. The third-order valence-electron chi connectivity index (χ3n) is 2.30. The molecule has 62 valence electrons. The van der Waals surface area contributed by atoms with E-state index in [9.17, 15) is 0 Å². The van der Waals surface area contributed by atoms with Gasteiger partial charge in [0, 0.05) is 12.8 Å². The third kappa shape index (κ3) is 3.35. The fourth-order valence-corrected chi connectivity index (χ4v) is 1.65. The average molecular weight is 151 g/mol. The van der Waals surface area contributed by atoms with Crippen LogP contribution in [0.25, 0.3) is 0 Å². The minimum absolute atomic E-state index is 0.861. The molecule has 0 bridgehead atoms. The lowest BCUT2D eigenvalue weighted by atomic mass is 9.89. The van der Waals surface area contributed by atoms with Crippen LogP contribution in [0.15, 0.2) is 17.6 Å². The summed E-state index contributed by atoms with van der Waals surface area (Å²) >= 11 is 0. The SMILES string of the molecule is C=CC=NCC1CCCCC1. The first-order valence-electron chi connectivity index (χ1n) is 4.54. The van der Waals surface area contributed by atoms with Gasteiger partial charge in [0.25, 0.3) is 0 Å². The Hall–Kier alpha value is -0.590. The number of hydrogen-bond donors (Lipinski definition) is 0. The Morgan fingerprint density at radius 2 is 2.00 bits per heavy atom. The Morgan fingerprint density at radius 3 is 2.64 bits per heavy atom. The number of hydrogen-bond acceptors (Lipinski definition) is 1. The van der Waals surface area contributed by atoms with Crippen LogP contribution in [0.3, 0.4) is 0 Å². The van der Waals surface area contributed by atoms with Crippen molar-refractivity contribution in [1.29, 1.82) is 0 Å². The van der Waals surface area contributed by atoms with Crippen LogP contribution in [0.1, 0.15) is 32.1 Å². The minimum Gasteiger partial charge on any atom is -0.293 e. The van der Waals surface area contributed by atoms with Crippen LogP contribution in [0.5, 0.6) is 0 Å². The van der Waals surface area contributed by atoms with Crippen LogP contribution in [0.2, 0.25) is 0 Å². The maximum absolute atomic E-state index is 4.27. The number of allylic oxidation sites excluding steroid dienone is 1. The van der Waals surface area contributed by atoms with E-state index >= 15 is 0 Å². The molecule has 0 aromatic heterocycles. The van der Waals surface area contributed by atoms with Crippen molar-refractivity contribution >= 4 is 6.21 Å². The van der Waals surface area contributed by atoms with Crippen molar-refractivity contribution in [2.75, 3.05) is 6.54 Å². The lowest BCUT2D eigenvalue weighted by Gasteiger charge is -2.18. The molecule has 0 atom stereocenters. The van der Waals surface area contributed by atoms with Crippen molar-refractivity contribution in [1.82, 2.24) is 0 Å². The Bertz CT molecular complexity index is 132. The molecule has 1 heteroatoms. The first kappa shape index (κ1) is 8.51. The van der Waals surface area contributed by atoms with Crippen molar-refractivity contribution in [2.24, 2.45) is 10.9 Å². The molecule has 0 unspecified atom stereocenters. The smallest absolute Gasteiger partial charge is 0.0417 e. The van der Waals surface area contributed by atoms with E-state index in [0.717, 1.165) is 12.5 Å². The van der Waals surface area contributed by atoms with Gasteiger partial charge in [-0.2, -0.15) is 0 Å². The molecular weight excluding hydrogens is 134 g/mol. The summed E-state index contributed by atoms with van der Waals surface area (Å²) in [6.45, 7) is 4.61. The second-order valence-corrected chi connectivity index (χ2v) is 3.25. The fourth-order valence-electron chi connectivity index (χ4n) is 1.65. The lowest BCUT2D eigenvalue weighted by Crippen LogP contribution is -2.09. The van der Waals surface area contributed by atoms with Gasteiger partial charge >= 0.3 is 0 Å². The fraction of sp³-hybridized carbons (Fsp3) is 0.700. The Balaban J connectivity index is 2.14. The molecule has 0 spiro atoms. The maximum Gasteiger partial charge on any atom is 0.0417 e. The Kier molecular flexibility index (Phi) is 3.95. The molecule has 1 aliphatic carbocycles. The Labute approximate surface area is 69.2 Å². The van der Waals surface area contributed by atoms with Gasteiger partial charge in [0.2, 0.25) is 0 Å². The van der Waals surface area contributed by atoms with Crippen molar-refractivity contribution in [3.63, 3.8) is 0 Å². The molecule has 0 N–H and O–H groups in total. The quantitative estimate of drug-likeness (QED) is 0.550. The van der Waals surface area contributed by atoms with Crippen molar-refractivity contribution in [2.45, 2.75) is 32.1 Å². The zero-order valence-corrected chi connectivity index (χ0v) is 7.13. The number of aliphatic imine (C=N–C) groups is 1. The van der Waals surface area contributed by atoms with Crippen LogP contribution < -0.4 is 0 Å². The number of rotatable bonds is 3. The van der Waals surface area contributed by atoms with Crippen molar-refractivity contribution < 1.29 is 0 Å². The normalized spacial score (nSPS) is 20.7. The zero-order chi connectivity index (χ0) is 7.94. The van der Waals surface area contributed by atoms with Gasteiger partial charge in [-0.1, -0.05) is 31.9 Å². The van der Waals surface area contributed by atoms with E-state index < -0.39 is 0 Å². The average Bonchev–Trinajstić information content (AvgIpc) is 2.07. The summed E-state index contributed by atoms with van der Waals surface area (Å²) in [7, 11) is 0. The topological polar surface area (TPSA) is 12.4 Å². The van der Waals surface area contributed by atoms with E-state index in [0.29, 0.717) is 0 Å². The molecule has 0 saturated heterocycles. The standard InChI is InChI=1S/C10H17N/c1-2-8-11-9-10-6-4-3-5-7-10/h2,8,10H,1,3-7,9H2. The third-order valence-corrected chi connectivity index (χ3v) is 2.30. The molecule has 0 heterocycles. The van der Waals surface area contributed by atoms with Gasteiger partial charge in [-0.25, -0.2) is 0 Å². The summed E-state index contributed by atoms with van der Waals surface area (Å²) in [5, 5.41) is 0. The van der Waals surface area contributed by atoms with E-state index in [1.54, 1.807) is 6.08 Å². The molecule has 0 amide bonds. The van der Waals surface area contributed by atoms with Crippen LogP contribution in [-0.4, -0.2) is 12.8 Å². The van der Waals surface area contributed by atoms with E-state index in [1.165, 1.54) is 32.1 Å². The molecule has 1 aliphatic rings. The zero-order valence-electron chi connectivity index (χ0n) is 7.13. The lowest BCUT2D eigenvalue weighted by molar-refractivity contribution is 0.367. The summed E-state index contributed by atoms with van der Waals surface area (Å²) in [5.41, 5.74) is 0. The highest BCUT2D eigenvalue weighted by Gasteiger charge is 2.11. The first-order valence-corrected chi connectivity index (χ1v) is 4.54. The predicted octanol–water partition coefficient (Wildman–Crippen LogP) is 2.82. The van der Waals surface area contributed by atoms with E-state index in [4.69, 9.17) is 0 Å². The first-order chi connectivity index (χ1) is 5.43. The van der Waals surface area contributed by atoms with Gasteiger partial charge in [-0.15, -0.1) is 0 Å². The molecule has 1 nitrogen and oxygen atoms in total. The molecule has 1 fully saturated rings.